The maximum Gasteiger partial charge on any atom is 0.211 e. The maximum atomic E-state index is 12.5. The number of halogens is 1. The zero-order valence-corrected chi connectivity index (χ0v) is 12.2. The number of aromatic nitrogens is 1. The molecule has 2 aromatic carbocycles. The van der Waals surface area contributed by atoms with E-state index in [2.05, 4.69) is 4.98 Å². The van der Waals surface area contributed by atoms with Gasteiger partial charge in [0.15, 0.2) is 0 Å². The van der Waals surface area contributed by atoms with Crippen molar-refractivity contribution in [1.29, 1.82) is 0 Å². The van der Waals surface area contributed by atoms with E-state index >= 15 is 0 Å². The van der Waals surface area contributed by atoms with Crippen LogP contribution in [-0.4, -0.2) is 10.8 Å². The van der Waals surface area contributed by atoms with Crippen molar-refractivity contribution in [3.05, 3.63) is 70.4 Å². The lowest BCUT2D eigenvalue weighted by Crippen LogP contribution is -2.06. The van der Waals surface area contributed by atoms with Gasteiger partial charge in [-0.05, 0) is 30.7 Å². The Hall–Kier alpha value is -2.39. The Morgan fingerprint density at radius 3 is 2.67 bits per heavy atom. The van der Waals surface area contributed by atoms with E-state index < -0.39 is 0 Å². The first-order valence-electron chi connectivity index (χ1n) is 6.52. The number of para-hydroxylation sites is 1. The standard InChI is InChI=1S/C17H13ClN2O/c1-10-6-7-11(8-13(10)18)17(21)16-9-14(19)12-4-2-3-5-15(12)20-16/h2-9H,1H3,(H2,19,20). The number of ketones is 1. The van der Waals surface area contributed by atoms with Gasteiger partial charge in [-0.3, -0.25) is 4.79 Å². The molecule has 0 saturated heterocycles. The van der Waals surface area contributed by atoms with Crippen molar-refractivity contribution in [3.8, 4) is 0 Å². The third-order valence-electron chi connectivity index (χ3n) is 3.41. The van der Waals surface area contributed by atoms with Crippen molar-refractivity contribution in [2.75, 3.05) is 5.73 Å². The Bertz CT molecular complexity index is 859. The van der Waals surface area contributed by atoms with Crippen LogP contribution in [0.15, 0.2) is 48.5 Å². The topological polar surface area (TPSA) is 56.0 Å². The zero-order valence-electron chi connectivity index (χ0n) is 11.4. The SMILES string of the molecule is Cc1ccc(C(=O)c2cc(N)c3ccccc3n2)cc1Cl. The number of carbonyl (C=O) groups is 1. The second-order valence-corrected chi connectivity index (χ2v) is 5.31. The number of hydrogen-bond donors (Lipinski definition) is 1. The van der Waals surface area contributed by atoms with Crippen molar-refractivity contribution < 1.29 is 4.79 Å². The molecule has 3 rings (SSSR count). The molecule has 0 atom stereocenters. The highest BCUT2D eigenvalue weighted by Crippen LogP contribution is 2.23. The third kappa shape index (κ3) is 2.48. The molecule has 0 aliphatic heterocycles. The second-order valence-electron chi connectivity index (χ2n) is 4.91. The summed E-state index contributed by atoms with van der Waals surface area (Å²) in [6.45, 7) is 1.89. The van der Waals surface area contributed by atoms with Crippen molar-refractivity contribution in [2.45, 2.75) is 6.92 Å². The fourth-order valence-corrected chi connectivity index (χ4v) is 2.38. The Balaban J connectivity index is 2.11. The number of rotatable bonds is 2. The summed E-state index contributed by atoms with van der Waals surface area (Å²) in [5, 5.41) is 1.41. The van der Waals surface area contributed by atoms with E-state index in [-0.39, 0.29) is 5.78 Å². The average Bonchev–Trinajstić information content (AvgIpc) is 2.49. The summed E-state index contributed by atoms with van der Waals surface area (Å²) < 4.78 is 0. The van der Waals surface area contributed by atoms with Gasteiger partial charge in [-0.15, -0.1) is 0 Å². The number of nitrogens with zero attached hydrogens (tertiary/aromatic N) is 1. The fourth-order valence-electron chi connectivity index (χ4n) is 2.20. The molecule has 0 amide bonds. The predicted octanol–water partition coefficient (Wildman–Crippen LogP) is 4.01. The van der Waals surface area contributed by atoms with E-state index in [1.807, 2.05) is 37.3 Å². The van der Waals surface area contributed by atoms with Crippen LogP contribution in [0.1, 0.15) is 21.6 Å². The lowest BCUT2D eigenvalue weighted by molar-refractivity contribution is 0.103. The molecule has 0 aliphatic rings. The summed E-state index contributed by atoms with van der Waals surface area (Å²) in [5.74, 6) is -0.186. The fraction of sp³-hybridized carbons (Fsp3) is 0.0588. The summed E-state index contributed by atoms with van der Waals surface area (Å²) in [6.07, 6.45) is 0. The van der Waals surface area contributed by atoms with Crippen molar-refractivity contribution >= 4 is 34.0 Å². The highest BCUT2D eigenvalue weighted by molar-refractivity contribution is 6.31. The summed E-state index contributed by atoms with van der Waals surface area (Å²) in [4.78, 5) is 16.9. The van der Waals surface area contributed by atoms with Gasteiger partial charge in [0.1, 0.15) is 5.69 Å². The van der Waals surface area contributed by atoms with E-state index in [9.17, 15) is 4.79 Å². The van der Waals surface area contributed by atoms with Crippen LogP contribution in [0.4, 0.5) is 5.69 Å². The Morgan fingerprint density at radius 2 is 1.90 bits per heavy atom. The molecule has 0 radical (unpaired) electrons. The van der Waals surface area contributed by atoms with Crippen LogP contribution >= 0.6 is 11.6 Å². The molecule has 3 nitrogen and oxygen atoms in total. The number of nitrogen functional groups attached to an aromatic ring is 1. The van der Waals surface area contributed by atoms with Gasteiger partial charge in [-0.25, -0.2) is 4.98 Å². The lowest BCUT2D eigenvalue weighted by Gasteiger charge is -2.07. The molecule has 1 heterocycles. The number of nitrogens with two attached hydrogens (primary N) is 1. The van der Waals surface area contributed by atoms with Gasteiger partial charge in [0.2, 0.25) is 5.78 Å². The lowest BCUT2D eigenvalue weighted by atomic mass is 10.0. The first-order chi connectivity index (χ1) is 10.1. The van der Waals surface area contributed by atoms with Gasteiger partial charge in [0, 0.05) is 21.7 Å². The van der Waals surface area contributed by atoms with E-state index in [0.29, 0.717) is 27.5 Å². The molecule has 104 valence electrons. The van der Waals surface area contributed by atoms with Crippen molar-refractivity contribution in [2.24, 2.45) is 0 Å². The number of benzene rings is 2. The monoisotopic (exact) mass is 296 g/mol. The number of hydrogen-bond acceptors (Lipinski definition) is 3. The van der Waals surface area contributed by atoms with E-state index in [1.165, 1.54) is 0 Å². The van der Waals surface area contributed by atoms with Crippen LogP contribution in [0.3, 0.4) is 0 Å². The van der Waals surface area contributed by atoms with Crippen LogP contribution in [0.25, 0.3) is 10.9 Å². The van der Waals surface area contributed by atoms with Gasteiger partial charge in [-0.2, -0.15) is 0 Å². The molecule has 0 saturated carbocycles. The highest BCUT2D eigenvalue weighted by Gasteiger charge is 2.14. The van der Waals surface area contributed by atoms with E-state index in [1.54, 1.807) is 18.2 Å². The van der Waals surface area contributed by atoms with E-state index in [4.69, 9.17) is 17.3 Å². The summed E-state index contributed by atoms with van der Waals surface area (Å²) in [6, 6.07) is 14.3. The third-order valence-corrected chi connectivity index (χ3v) is 3.82. The normalized spacial score (nSPS) is 10.8. The number of carbonyl (C=O) groups excluding carboxylic acids is 1. The Kier molecular flexibility index (Phi) is 3.35. The van der Waals surface area contributed by atoms with Gasteiger partial charge < -0.3 is 5.73 Å². The number of fused-ring (bicyclic) bond motifs is 1. The number of aryl methyl sites for hydroxylation is 1. The minimum atomic E-state index is -0.186. The van der Waals surface area contributed by atoms with Crippen LogP contribution in [0.5, 0.6) is 0 Å². The molecule has 21 heavy (non-hydrogen) atoms. The second kappa shape index (κ2) is 5.19. The first-order valence-corrected chi connectivity index (χ1v) is 6.90. The quantitative estimate of drug-likeness (QED) is 0.727. The van der Waals surface area contributed by atoms with Gasteiger partial charge in [0.05, 0.1) is 5.52 Å². The minimum absolute atomic E-state index is 0.186. The van der Waals surface area contributed by atoms with E-state index in [0.717, 1.165) is 10.9 Å². The molecule has 0 aliphatic carbocycles. The number of pyridine rings is 1. The Morgan fingerprint density at radius 1 is 1.14 bits per heavy atom. The smallest absolute Gasteiger partial charge is 0.211 e. The molecule has 0 unspecified atom stereocenters. The molecule has 0 bridgehead atoms. The molecule has 4 heteroatoms. The first kappa shape index (κ1) is 13.6. The van der Waals surface area contributed by atoms with Gasteiger partial charge in [0.25, 0.3) is 0 Å². The van der Waals surface area contributed by atoms with Crippen LogP contribution in [0.2, 0.25) is 5.02 Å². The molecule has 1 aromatic heterocycles. The summed E-state index contributed by atoms with van der Waals surface area (Å²) in [7, 11) is 0. The van der Waals surface area contributed by atoms with Crippen molar-refractivity contribution in [3.63, 3.8) is 0 Å². The summed E-state index contributed by atoms with van der Waals surface area (Å²) >= 11 is 6.07. The summed E-state index contributed by atoms with van der Waals surface area (Å²) in [5.41, 5.74) is 9.02. The predicted molar refractivity (Wildman–Crippen MR) is 85.8 cm³/mol. The minimum Gasteiger partial charge on any atom is -0.398 e. The molecule has 0 fully saturated rings. The number of anilines is 1. The maximum absolute atomic E-state index is 12.5. The average molecular weight is 297 g/mol. The van der Waals surface area contributed by atoms with Gasteiger partial charge in [-0.1, -0.05) is 41.9 Å². The van der Waals surface area contributed by atoms with Gasteiger partial charge >= 0.3 is 0 Å². The largest absolute Gasteiger partial charge is 0.398 e. The molecular weight excluding hydrogens is 284 g/mol. The zero-order chi connectivity index (χ0) is 15.0. The van der Waals surface area contributed by atoms with Crippen LogP contribution in [0, 0.1) is 6.92 Å². The van der Waals surface area contributed by atoms with Crippen LogP contribution < -0.4 is 5.73 Å². The highest BCUT2D eigenvalue weighted by atomic mass is 35.5. The van der Waals surface area contributed by atoms with Crippen molar-refractivity contribution in [1.82, 2.24) is 4.98 Å². The Labute approximate surface area is 127 Å². The molecular formula is C17H13ClN2O. The molecule has 2 N–H and O–H groups in total. The van der Waals surface area contributed by atoms with Crippen LogP contribution in [-0.2, 0) is 0 Å². The molecule has 0 spiro atoms. The molecule has 3 aromatic rings.